The number of rotatable bonds is 4. The molecule has 1 unspecified atom stereocenters. The lowest BCUT2D eigenvalue weighted by Gasteiger charge is -2.10. The molecule has 106 valence electrons. The van der Waals surface area contributed by atoms with Crippen LogP contribution < -0.4 is 0 Å². The summed E-state index contributed by atoms with van der Waals surface area (Å²) in [6.07, 6.45) is 0.625. The number of benzene rings is 1. The second-order valence-corrected chi connectivity index (χ2v) is 4.11. The molecule has 1 aromatic carbocycles. The van der Waals surface area contributed by atoms with Gasteiger partial charge in [0.1, 0.15) is 0 Å². The number of nitro groups is 1. The third-order valence-corrected chi connectivity index (χ3v) is 2.76. The van der Waals surface area contributed by atoms with Gasteiger partial charge in [0, 0.05) is 12.0 Å². The lowest BCUT2D eigenvalue weighted by molar-refractivity contribution is -0.385. The van der Waals surface area contributed by atoms with Crippen molar-refractivity contribution in [3.63, 3.8) is 0 Å². The highest BCUT2D eigenvalue weighted by molar-refractivity contribution is 6.01. The molecule has 0 saturated heterocycles. The van der Waals surface area contributed by atoms with E-state index in [1.807, 2.05) is 20.8 Å². The lowest BCUT2D eigenvalue weighted by Crippen LogP contribution is -2.11. The largest absolute Gasteiger partial charge is 0.502 e. The normalized spacial score (nSPS) is 11.2. The molecule has 5 heteroatoms. The molecule has 0 amide bonds. The van der Waals surface area contributed by atoms with Crippen molar-refractivity contribution in [2.24, 2.45) is 5.92 Å². The molecule has 0 spiro atoms. The summed E-state index contributed by atoms with van der Waals surface area (Å²) in [4.78, 5) is 22.0. The molecule has 19 heavy (non-hydrogen) atoms. The SMILES string of the molecule is CC.CCC(C)C(=O)c1cc(C)cc([N+](=O)[O-])c1O. The number of aromatic hydroxyl groups is 1. The first-order valence-corrected chi connectivity index (χ1v) is 6.40. The van der Waals surface area contributed by atoms with Gasteiger partial charge in [-0.2, -0.15) is 0 Å². The van der Waals surface area contributed by atoms with Crippen LogP contribution in [0.1, 0.15) is 50.0 Å². The zero-order chi connectivity index (χ0) is 15.2. The van der Waals surface area contributed by atoms with E-state index in [0.717, 1.165) is 0 Å². The van der Waals surface area contributed by atoms with E-state index in [-0.39, 0.29) is 17.3 Å². The van der Waals surface area contributed by atoms with Crippen molar-refractivity contribution in [3.8, 4) is 5.75 Å². The van der Waals surface area contributed by atoms with Crippen LogP contribution in [0.2, 0.25) is 0 Å². The first kappa shape index (κ1) is 17.1. The molecule has 0 radical (unpaired) electrons. The Morgan fingerprint density at radius 2 is 1.95 bits per heavy atom. The number of carbonyl (C=O) groups is 1. The number of hydrogen-bond acceptors (Lipinski definition) is 4. The summed E-state index contributed by atoms with van der Waals surface area (Å²) in [5.41, 5.74) is 0.198. The Kier molecular flexibility index (Phi) is 6.75. The lowest BCUT2D eigenvalue weighted by atomic mass is 9.95. The van der Waals surface area contributed by atoms with E-state index < -0.39 is 16.4 Å². The first-order valence-electron chi connectivity index (χ1n) is 6.40. The number of hydrogen-bond donors (Lipinski definition) is 1. The Morgan fingerprint density at radius 1 is 1.42 bits per heavy atom. The van der Waals surface area contributed by atoms with Gasteiger partial charge in [0.25, 0.3) is 0 Å². The van der Waals surface area contributed by atoms with E-state index in [0.29, 0.717) is 12.0 Å². The minimum absolute atomic E-state index is 0.0334. The van der Waals surface area contributed by atoms with E-state index in [4.69, 9.17) is 0 Å². The standard InChI is InChI=1S/C12H15NO4.C2H6/c1-4-8(3)11(14)9-5-7(2)6-10(12(9)15)13(16)17;1-2/h5-6,8,15H,4H2,1-3H3;1-2H3. The fraction of sp³-hybridized carbons (Fsp3) is 0.500. The smallest absolute Gasteiger partial charge is 0.311 e. The summed E-state index contributed by atoms with van der Waals surface area (Å²) in [7, 11) is 0. The van der Waals surface area contributed by atoms with Crippen molar-refractivity contribution in [1.29, 1.82) is 0 Å². The Bertz CT molecular complexity index is 469. The van der Waals surface area contributed by atoms with Gasteiger partial charge >= 0.3 is 5.69 Å². The van der Waals surface area contributed by atoms with Gasteiger partial charge in [0.2, 0.25) is 5.75 Å². The van der Waals surface area contributed by atoms with Crippen molar-refractivity contribution < 1.29 is 14.8 Å². The second-order valence-electron chi connectivity index (χ2n) is 4.11. The molecule has 1 N–H and O–H groups in total. The van der Waals surface area contributed by atoms with Crippen LogP contribution in [0.25, 0.3) is 0 Å². The summed E-state index contributed by atoms with van der Waals surface area (Å²) >= 11 is 0. The van der Waals surface area contributed by atoms with Crippen LogP contribution in [0.3, 0.4) is 0 Å². The highest BCUT2D eigenvalue weighted by Gasteiger charge is 2.24. The Balaban J connectivity index is 0.00000154. The molecule has 0 aliphatic carbocycles. The van der Waals surface area contributed by atoms with E-state index in [9.17, 15) is 20.0 Å². The summed E-state index contributed by atoms with van der Waals surface area (Å²) in [5, 5.41) is 20.5. The average Bonchev–Trinajstić information content (AvgIpc) is 2.41. The van der Waals surface area contributed by atoms with Crippen molar-refractivity contribution in [3.05, 3.63) is 33.4 Å². The number of phenolic OH excluding ortho intramolecular Hbond substituents is 1. The highest BCUT2D eigenvalue weighted by atomic mass is 16.6. The van der Waals surface area contributed by atoms with Crippen LogP contribution >= 0.6 is 0 Å². The molecule has 1 atom stereocenters. The monoisotopic (exact) mass is 267 g/mol. The minimum Gasteiger partial charge on any atom is -0.502 e. The van der Waals surface area contributed by atoms with Crippen LogP contribution in [0.4, 0.5) is 5.69 Å². The molecule has 0 bridgehead atoms. The molecule has 1 aromatic rings. The van der Waals surface area contributed by atoms with E-state index in [2.05, 4.69) is 0 Å². The van der Waals surface area contributed by atoms with Crippen molar-refractivity contribution in [2.45, 2.75) is 41.0 Å². The third-order valence-electron chi connectivity index (χ3n) is 2.76. The van der Waals surface area contributed by atoms with Gasteiger partial charge in [-0.1, -0.05) is 27.7 Å². The number of carbonyl (C=O) groups excluding carboxylic acids is 1. The molecule has 0 saturated carbocycles. The fourth-order valence-corrected chi connectivity index (χ4v) is 1.54. The van der Waals surface area contributed by atoms with Gasteiger partial charge in [0.15, 0.2) is 5.78 Å². The predicted octanol–water partition coefficient (Wildman–Crippen LogP) is 3.86. The maximum absolute atomic E-state index is 11.9. The zero-order valence-electron chi connectivity index (χ0n) is 12.1. The van der Waals surface area contributed by atoms with Gasteiger partial charge in [-0.25, -0.2) is 0 Å². The highest BCUT2D eigenvalue weighted by Crippen LogP contribution is 2.32. The quantitative estimate of drug-likeness (QED) is 0.510. The van der Waals surface area contributed by atoms with Crippen LogP contribution in [0.15, 0.2) is 12.1 Å². The number of nitro benzene ring substituents is 1. The van der Waals surface area contributed by atoms with Gasteiger partial charge in [-0.15, -0.1) is 0 Å². The van der Waals surface area contributed by atoms with Gasteiger partial charge in [-0.05, 0) is 25.0 Å². The maximum atomic E-state index is 11.9. The van der Waals surface area contributed by atoms with Gasteiger partial charge < -0.3 is 5.11 Å². The number of aryl methyl sites for hydroxylation is 1. The molecule has 0 aliphatic rings. The van der Waals surface area contributed by atoms with Crippen LogP contribution in [0.5, 0.6) is 5.75 Å². The molecular formula is C14H21NO4. The molecule has 5 nitrogen and oxygen atoms in total. The average molecular weight is 267 g/mol. The summed E-state index contributed by atoms with van der Waals surface area (Å²) in [5.74, 6) is -1.06. The second kappa shape index (κ2) is 7.51. The third kappa shape index (κ3) is 4.05. The Morgan fingerprint density at radius 3 is 2.37 bits per heavy atom. The fourth-order valence-electron chi connectivity index (χ4n) is 1.54. The summed E-state index contributed by atoms with van der Waals surface area (Å²) in [6.45, 7) is 9.24. The number of Topliss-reactive ketones (excluding diaryl/α,β-unsaturated/α-hetero) is 1. The summed E-state index contributed by atoms with van der Waals surface area (Å²) < 4.78 is 0. The van der Waals surface area contributed by atoms with E-state index in [1.165, 1.54) is 12.1 Å². The topological polar surface area (TPSA) is 80.4 Å². The van der Waals surface area contributed by atoms with Gasteiger partial charge in [0.05, 0.1) is 10.5 Å². The van der Waals surface area contributed by atoms with Crippen molar-refractivity contribution in [2.75, 3.05) is 0 Å². The Hall–Kier alpha value is -1.91. The molecule has 0 heterocycles. The molecule has 1 rings (SSSR count). The zero-order valence-corrected chi connectivity index (χ0v) is 12.1. The van der Waals surface area contributed by atoms with Crippen molar-refractivity contribution >= 4 is 11.5 Å². The Labute approximate surface area is 113 Å². The number of ketones is 1. The number of phenols is 1. The minimum atomic E-state index is -0.685. The van der Waals surface area contributed by atoms with E-state index in [1.54, 1.807) is 13.8 Å². The predicted molar refractivity (Wildman–Crippen MR) is 74.6 cm³/mol. The molecular weight excluding hydrogens is 246 g/mol. The number of nitrogens with zero attached hydrogens (tertiary/aromatic N) is 1. The van der Waals surface area contributed by atoms with Crippen LogP contribution in [-0.4, -0.2) is 15.8 Å². The molecule has 0 fully saturated rings. The van der Waals surface area contributed by atoms with Crippen LogP contribution in [-0.2, 0) is 0 Å². The van der Waals surface area contributed by atoms with Crippen molar-refractivity contribution in [1.82, 2.24) is 0 Å². The van der Waals surface area contributed by atoms with E-state index >= 15 is 0 Å². The summed E-state index contributed by atoms with van der Waals surface area (Å²) in [6, 6.07) is 2.74. The molecule has 0 aromatic heterocycles. The first-order chi connectivity index (χ1) is 8.88. The maximum Gasteiger partial charge on any atom is 0.311 e. The van der Waals surface area contributed by atoms with Crippen LogP contribution in [0, 0.1) is 23.0 Å². The van der Waals surface area contributed by atoms with Gasteiger partial charge in [-0.3, -0.25) is 14.9 Å². The molecule has 0 aliphatic heterocycles.